The summed E-state index contributed by atoms with van der Waals surface area (Å²) in [6.07, 6.45) is 4.74. The molecule has 4 saturated carbocycles. The zero-order valence-corrected chi connectivity index (χ0v) is 14.7. The first-order valence-electron chi connectivity index (χ1n) is 9.33. The van der Waals surface area contributed by atoms with E-state index in [4.69, 9.17) is 0 Å². The highest BCUT2D eigenvalue weighted by atomic mass is 16.4. The molecule has 0 aromatic rings. The summed E-state index contributed by atoms with van der Waals surface area (Å²) in [5, 5.41) is 20.9. The van der Waals surface area contributed by atoms with Gasteiger partial charge in [0.1, 0.15) is 0 Å². The van der Waals surface area contributed by atoms with Gasteiger partial charge < -0.3 is 10.2 Å². The van der Waals surface area contributed by atoms with Crippen LogP contribution in [0, 0.1) is 34.0 Å². The minimum absolute atomic E-state index is 0.0694. The first-order valence-corrected chi connectivity index (χ1v) is 9.33. The lowest BCUT2D eigenvalue weighted by atomic mass is 9.40. The first kappa shape index (κ1) is 16.3. The molecular weight excluding hydrogens is 304 g/mol. The van der Waals surface area contributed by atoms with Gasteiger partial charge in [-0.2, -0.15) is 0 Å². The highest BCUT2D eigenvalue weighted by molar-refractivity contribution is 6.03. The van der Waals surface area contributed by atoms with Crippen LogP contribution < -0.4 is 0 Å². The smallest absolute Gasteiger partial charge is 0.309 e. The molecule has 1 spiro atoms. The predicted octanol–water partition coefficient (Wildman–Crippen LogP) is 3.19. The van der Waals surface area contributed by atoms with Crippen LogP contribution in [0.5, 0.6) is 0 Å². The van der Waals surface area contributed by atoms with Gasteiger partial charge in [-0.25, -0.2) is 0 Å². The fourth-order valence-corrected chi connectivity index (χ4v) is 7.28. The van der Waals surface area contributed by atoms with Crippen molar-refractivity contribution in [2.24, 2.45) is 34.0 Å². The van der Waals surface area contributed by atoms with Gasteiger partial charge in [-0.3, -0.25) is 9.59 Å². The molecule has 7 atom stereocenters. The van der Waals surface area contributed by atoms with Crippen LogP contribution in [0.25, 0.3) is 0 Å². The van der Waals surface area contributed by atoms with Crippen molar-refractivity contribution in [3.05, 3.63) is 12.2 Å². The Morgan fingerprint density at radius 1 is 1.12 bits per heavy atom. The number of carboxylic acid groups (broad SMARTS) is 1. The van der Waals surface area contributed by atoms with Crippen molar-refractivity contribution in [2.45, 2.75) is 64.9 Å². The number of aliphatic hydroxyl groups is 1. The monoisotopic (exact) mass is 332 g/mol. The van der Waals surface area contributed by atoms with Crippen LogP contribution in [0.1, 0.15) is 58.8 Å². The molecule has 7 unspecified atom stereocenters. The van der Waals surface area contributed by atoms with Crippen LogP contribution >= 0.6 is 0 Å². The van der Waals surface area contributed by atoms with Gasteiger partial charge in [-0.05, 0) is 75.2 Å². The van der Waals surface area contributed by atoms with Gasteiger partial charge in [0.2, 0.25) is 0 Å². The largest absolute Gasteiger partial charge is 0.481 e. The molecule has 4 aliphatic carbocycles. The van der Waals surface area contributed by atoms with Crippen molar-refractivity contribution in [2.75, 3.05) is 0 Å². The second-order valence-electron chi connectivity index (χ2n) is 9.28. The Hall–Kier alpha value is -1.16. The number of rotatable bonds is 1. The average molecular weight is 332 g/mol. The Labute approximate surface area is 143 Å². The Balaban J connectivity index is 1.83. The standard InChI is InChI=1S/C20H28O4/c1-11-12-4-5-14-19(3)13(6-9-20(14,10-12)16(11)22)18(2,17(23)24)8-7-15(19)21/h12-15,21H,1,4-10H2,2-3H3,(H,23,24). The van der Waals surface area contributed by atoms with Crippen LogP contribution in [-0.4, -0.2) is 28.1 Å². The second kappa shape index (κ2) is 4.72. The molecule has 4 rings (SSSR count). The third-order valence-corrected chi connectivity index (χ3v) is 8.61. The fourth-order valence-electron chi connectivity index (χ4n) is 7.28. The van der Waals surface area contributed by atoms with Crippen molar-refractivity contribution < 1.29 is 19.8 Å². The molecule has 4 heteroatoms. The maximum atomic E-state index is 13.1. The zero-order chi connectivity index (χ0) is 17.5. The molecule has 2 N–H and O–H groups in total. The lowest BCUT2D eigenvalue weighted by Gasteiger charge is -2.64. The van der Waals surface area contributed by atoms with E-state index < -0.39 is 22.9 Å². The maximum Gasteiger partial charge on any atom is 0.309 e. The van der Waals surface area contributed by atoms with E-state index in [0.29, 0.717) is 18.8 Å². The number of ketones is 1. The van der Waals surface area contributed by atoms with Crippen LogP contribution in [0.3, 0.4) is 0 Å². The quantitative estimate of drug-likeness (QED) is 0.723. The number of allylic oxidation sites excluding steroid dienone is 1. The number of fused-ring (bicyclic) bond motifs is 3. The van der Waals surface area contributed by atoms with Crippen LogP contribution in [0.4, 0.5) is 0 Å². The van der Waals surface area contributed by atoms with E-state index >= 15 is 0 Å². The summed E-state index contributed by atoms with van der Waals surface area (Å²) in [6, 6.07) is 0. The van der Waals surface area contributed by atoms with E-state index in [1.165, 1.54) is 0 Å². The Morgan fingerprint density at radius 2 is 1.83 bits per heavy atom. The van der Waals surface area contributed by atoms with E-state index in [1.54, 1.807) is 0 Å². The van der Waals surface area contributed by atoms with Crippen molar-refractivity contribution in [1.29, 1.82) is 0 Å². The average Bonchev–Trinajstić information content (AvgIpc) is 2.72. The lowest BCUT2D eigenvalue weighted by Crippen LogP contribution is -2.64. The highest BCUT2D eigenvalue weighted by Gasteiger charge is 2.70. The van der Waals surface area contributed by atoms with E-state index in [1.807, 2.05) is 6.92 Å². The SMILES string of the molecule is C=C1C(=O)C23CCC4C(C)(C(=O)O)CCC(O)C4(C)C2CCC1C3. The first-order chi connectivity index (χ1) is 11.2. The Kier molecular flexibility index (Phi) is 3.21. The van der Waals surface area contributed by atoms with Crippen LogP contribution in [-0.2, 0) is 9.59 Å². The molecule has 2 bridgehead atoms. The predicted molar refractivity (Wildman–Crippen MR) is 89.2 cm³/mol. The van der Waals surface area contributed by atoms with Gasteiger partial charge in [0.05, 0.1) is 11.5 Å². The fraction of sp³-hybridized carbons (Fsp3) is 0.800. The minimum atomic E-state index is -0.800. The highest BCUT2D eigenvalue weighted by Crippen LogP contribution is 2.71. The normalized spacial score (nSPS) is 53.5. The molecule has 0 aliphatic heterocycles. The molecule has 4 fully saturated rings. The van der Waals surface area contributed by atoms with Gasteiger partial charge in [0.25, 0.3) is 0 Å². The third kappa shape index (κ3) is 1.63. The van der Waals surface area contributed by atoms with Crippen LogP contribution in [0.2, 0.25) is 0 Å². The molecule has 0 aromatic heterocycles. The topological polar surface area (TPSA) is 74.6 Å². The summed E-state index contributed by atoms with van der Waals surface area (Å²) in [5.74, 6) is -0.219. The molecule has 4 aliphatic rings. The van der Waals surface area contributed by atoms with Crippen molar-refractivity contribution in [1.82, 2.24) is 0 Å². The third-order valence-electron chi connectivity index (χ3n) is 8.61. The summed E-state index contributed by atoms with van der Waals surface area (Å²) in [4.78, 5) is 25.1. The molecule has 0 radical (unpaired) electrons. The van der Waals surface area contributed by atoms with Gasteiger partial charge in [-0.1, -0.05) is 13.5 Å². The second-order valence-corrected chi connectivity index (χ2v) is 9.28. The maximum absolute atomic E-state index is 13.1. The van der Waals surface area contributed by atoms with E-state index in [9.17, 15) is 19.8 Å². The summed E-state index contributed by atoms with van der Waals surface area (Å²) < 4.78 is 0. The van der Waals surface area contributed by atoms with Crippen molar-refractivity contribution >= 4 is 11.8 Å². The molecule has 0 heterocycles. The summed E-state index contributed by atoms with van der Waals surface area (Å²) in [7, 11) is 0. The molecule has 0 saturated heterocycles. The van der Waals surface area contributed by atoms with Crippen molar-refractivity contribution in [3.63, 3.8) is 0 Å². The molecule has 0 amide bonds. The number of Topliss-reactive ketones (excluding diaryl/α,β-unsaturated/α-hetero) is 1. The number of carboxylic acids is 1. The van der Waals surface area contributed by atoms with Crippen LogP contribution in [0.15, 0.2) is 12.2 Å². The lowest BCUT2D eigenvalue weighted by molar-refractivity contribution is -0.210. The van der Waals surface area contributed by atoms with E-state index in [0.717, 1.165) is 37.7 Å². The Bertz CT molecular complexity index is 640. The molecule has 4 nitrogen and oxygen atoms in total. The van der Waals surface area contributed by atoms with Gasteiger partial charge in [0.15, 0.2) is 5.78 Å². The van der Waals surface area contributed by atoms with E-state index in [-0.39, 0.29) is 23.0 Å². The van der Waals surface area contributed by atoms with Gasteiger partial charge >= 0.3 is 5.97 Å². The number of aliphatic carboxylic acids is 1. The molecule has 24 heavy (non-hydrogen) atoms. The van der Waals surface area contributed by atoms with E-state index in [2.05, 4.69) is 13.5 Å². The Morgan fingerprint density at radius 3 is 2.50 bits per heavy atom. The number of hydrogen-bond donors (Lipinski definition) is 2. The summed E-state index contributed by atoms with van der Waals surface area (Å²) in [5.41, 5.74) is -0.894. The molecule has 0 aromatic carbocycles. The van der Waals surface area contributed by atoms with Crippen molar-refractivity contribution in [3.8, 4) is 0 Å². The minimum Gasteiger partial charge on any atom is -0.481 e. The molecular formula is C20H28O4. The molecule has 132 valence electrons. The van der Waals surface area contributed by atoms with Gasteiger partial charge in [-0.15, -0.1) is 0 Å². The van der Waals surface area contributed by atoms with Gasteiger partial charge in [0, 0.05) is 10.8 Å². The number of carbonyl (C=O) groups is 2. The number of aliphatic hydroxyl groups excluding tert-OH is 1. The zero-order valence-electron chi connectivity index (χ0n) is 14.7. The number of carbonyl (C=O) groups excluding carboxylic acids is 1. The summed E-state index contributed by atoms with van der Waals surface area (Å²) in [6.45, 7) is 7.98. The summed E-state index contributed by atoms with van der Waals surface area (Å²) >= 11 is 0. The number of hydrogen-bond acceptors (Lipinski definition) is 3.